The number of nitriles is 1. The molecule has 33 heavy (non-hydrogen) atoms. The Morgan fingerprint density at radius 2 is 1.58 bits per heavy atom. The van der Waals surface area contributed by atoms with Gasteiger partial charge in [-0.1, -0.05) is 18.2 Å². The van der Waals surface area contributed by atoms with Crippen molar-refractivity contribution in [1.82, 2.24) is 15.1 Å². The number of piperidine rings is 1. The van der Waals surface area contributed by atoms with Crippen molar-refractivity contribution >= 4 is 17.6 Å². The van der Waals surface area contributed by atoms with Gasteiger partial charge in [-0.15, -0.1) is 0 Å². The second-order valence-corrected chi connectivity index (χ2v) is 8.51. The first kappa shape index (κ1) is 22.6. The molecule has 3 amide bonds. The van der Waals surface area contributed by atoms with E-state index in [9.17, 15) is 14.0 Å². The molecule has 2 aliphatic rings. The highest BCUT2D eigenvalue weighted by molar-refractivity contribution is 5.79. The van der Waals surface area contributed by atoms with E-state index in [1.807, 2.05) is 24.3 Å². The molecular formula is C25H28FN5O2. The molecule has 2 aliphatic heterocycles. The highest BCUT2D eigenvalue weighted by Gasteiger charge is 2.27. The summed E-state index contributed by atoms with van der Waals surface area (Å²) in [7, 11) is 0. The molecule has 2 aromatic carbocycles. The van der Waals surface area contributed by atoms with Gasteiger partial charge in [-0.3, -0.25) is 4.79 Å². The topological polar surface area (TPSA) is 79.7 Å². The number of amides is 3. The van der Waals surface area contributed by atoms with Crippen molar-refractivity contribution in [3.8, 4) is 6.07 Å². The van der Waals surface area contributed by atoms with Gasteiger partial charge in [-0.2, -0.15) is 5.26 Å². The minimum atomic E-state index is -0.367. The maximum absolute atomic E-state index is 13.8. The Balaban J connectivity index is 1.20. The highest BCUT2D eigenvalue weighted by atomic mass is 19.1. The van der Waals surface area contributed by atoms with Crippen LogP contribution in [0.15, 0.2) is 48.5 Å². The number of hydrogen-bond acceptors (Lipinski definition) is 4. The molecule has 8 heteroatoms. The van der Waals surface area contributed by atoms with E-state index in [1.165, 1.54) is 6.07 Å². The van der Waals surface area contributed by atoms with Crippen LogP contribution in [0.5, 0.6) is 0 Å². The molecular weight excluding hydrogens is 421 g/mol. The van der Waals surface area contributed by atoms with Crippen LogP contribution in [0, 0.1) is 17.1 Å². The Morgan fingerprint density at radius 1 is 0.939 bits per heavy atom. The van der Waals surface area contributed by atoms with E-state index in [1.54, 1.807) is 28.0 Å². The van der Waals surface area contributed by atoms with E-state index >= 15 is 0 Å². The Morgan fingerprint density at radius 3 is 2.21 bits per heavy atom. The van der Waals surface area contributed by atoms with Gasteiger partial charge in [0.05, 0.1) is 18.1 Å². The number of halogens is 1. The summed E-state index contributed by atoms with van der Waals surface area (Å²) in [5.41, 5.74) is 2.14. The van der Waals surface area contributed by atoms with Crippen LogP contribution < -0.4 is 10.2 Å². The third kappa shape index (κ3) is 5.61. The number of carbonyl (C=O) groups is 2. The van der Waals surface area contributed by atoms with Crippen molar-refractivity contribution in [3.63, 3.8) is 0 Å². The Labute approximate surface area is 193 Å². The second-order valence-electron chi connectivity index (χ2n) is 8.51. The quantitative estimate of drug-likeness (QED) is 0.779. The van der Waals surface area contributed by atoms with Crippen LogP contribution >= 0.6 is 0 Å². The lowest BCUT2D eigenvalue weighted by Gasteiger charge is -2.37. The number of hydrogen-bond donors (Lipinski definition) is 1. The van der Waals surface area contributed by atoms with Crippen LogP contribution in [0.2, 0.25) is 0 Å². The lowest BCUT2D eigenvalue weighted by Crippen LogP contribution is -2.55. The summed E-state index contributed by atoms with van der Waals surface area (Å²) in [5, 5.41) is 12.1. The van der Waals surface area contributed by atoms with Gasteiger partial charge in [-0.25, -0.2) is 9.18 Å². The van der Waals surface area contributed by atoms with Crippen molar-refractivity contribution < 1.29 is 14.0 Å². The number of nitrogens with zero attached hydrogens (tertiary/aromatic N) is 4. The van der Waals surface area contributed by atoms with Gasteiger partial charge in [-0.05, 0) is 48.7 Å². The molecule has 0 saturated carbocycles. The lowest BCUT2D eigenvalue weighted by molar-refractivity contribution is -0.131. The lowest BCUT2D eigenvalue weighted by atomic mass is 10.0. The predicted molar refractivity (Wildman–Crippen MR) is 123 cm³/mol. The Kier molecular flexibility index (Phi) is 7.08. The van der Waals surface area contributed by atoms with Gasteiger partial charge in [0, 0.05) is 51.0 Å². The summed E-state index contributed by atoms with van der Waals surface area (Å²) >= 11 is 0. The number of urea groups is 1. The minimum absolute atomic E-state index is 0.0384. The third-order valence-corrected chi connectivity index (χ3v) is 6.40. The normalized spacial score (nSPS) is 16.9. The van der Waals surface area contributed by atoms with Gasteiger partial charge in [0.25, 0.3) is 0 Å². The molecule has 172 valence electrons. The molecule has 1 N–H and O–H groups in total. The van der Waals surface area contributed by atoms with Crippen molar-refractivity contribution in [1.29, 1.82) is 5.26 Å². The number of nitrogens with one attached hydrogen (secondary N) is 1. The second kappa shape index (κ2) is 10.3. The van der Waals surface area contributed by atoms with Crippen LogP contribution in [-0.4, -0.2) is 67.0 Å². The summed E-state index contributed by atoms with van der Waals surface area (Å²) in [4.78, 5) is 31.0. The summed E-state index contributed by atoms with van der Waals surface area (Å²) in [5.74, 6) is -0.482. The van der Waals surface area contributed by atoms with Crippen molar-refractivity contribution in [2.75, 3.05) is 44.2 Å². The first-order chi connectivity index (χ1) is 16.0. The molecule has 7 nitrogen and oxygen atoms in total. The predicted octanol–water partition coefficient (Wildman–Crippen LogP) is 2.76. The number of rotatable bonds is 4. The monoisotopic (exact) mass is 449 g/mol. The highest BCUT2D eigenvalue weighted by Crippen LogP contribution is 2.21. The van der Waals surface area contributed by atoms with Gasteiger partial charge < -0.3 is 20.0 Å². The van der Waals surface area contributed by atoms with Crippen molar-refractivity contribution in [3.05, 3.63) is 65.5 Å². The smallest absolute Gasteiger partial charge is 0.317 e. The molecule has 0 bridgehead atoms. The SMILES string of the molecule is N#Cc1ccc(N2CCC(NC(=O)N3CCN(C(=O)Cc4ccccc4F)CC3)CC2)cc1. The largest absolute Gasteiger partial charge is 0.371 e. The maximum atomic E-state index is 13.8. The summed E-state index contributed by atoms with van der Waals surface area (Å²) in [6.45, 7) is 3.54. The van der Waals surface area contributed by atoms with Crippen LogP contribution in [0.1, 0.15) is 24.0 Å². The Bertz CT molecular complexity index is 1020. The molecule has 2 aromatic rings. The zero-order valence-corrected chi connectivity index (χ0v) is 18.5. The number of anilines is 1. The summed E-state index contributed by atoms with van der Waals surface area (Å²) in [6.07, 6.45) is 1.75. The number of piperazine rings is 1. The fraction of sp³-hybridized carbons (Fsp3) is 0.400. The van der Waals surface area contributed by atoms with Crippen LogP contribution in [0.4, 0.5) is 14.9 Å². The van der Waals surface area contributed by atoms with Crippen LogP contribution in [0.3, 0.4) is 0 Å². The van der Waals surface area contributed by atoms with Gasteiger partial charge in [0.2, 0.25) is 5.91 Å². The molecule has 0 aromatic heterocycles. The average Bonchev–Trinajstić information content (AvgIpc) is 2.86. The molecule has 0 unspecified atom stereocenters. The van der Waals surface area contributed by atoms with E-state index < -0.39 is 0 Å². The Hall–Kier alpha value is -3.60. The molecule has 0 spiro atoms. The van der Waals surface area contributed by atoms with Crippen molar-refractivity contribution in [2.45, 2.75) is 25.3 Å². The number of benzene rings is 2. The fourth-order valence-corrected chi connectivity index (χ4v) is 4.37. The summed E-state index contributed by atoms with van der Waals surface area (Å²) < 4.78 is 13.8. The standard InChI is InChI=1S/C25H28FN5O2/c26-23-4-2-1-3-20(23)17-24(32)30-13-15-31(16-14-30)25(33)28-21-9-11-29(12-10-21)22-7-5-19(18-27)6-8-22/h1-8,21H,9-17H2,(H,28,33). The van der Waals surface area contributed by atoms with E-state index in [4.69, 9.17) is 5.26 Å². The first-order valence-electron chi connectivity index (χ1n) is 11.4. The van der Waals surface area contributed by atoms with E-state index in [0.29, 0.717) is 37.3 Å². The molecule has 2 saturated heterocycles. The van der Waals surface area contributed by atoms with Gasteiger partial charge >= 0.3 is 6.03 Å². The maximum Gasteiger partial charge on any atom is 0.317 e. The van der Waals surface area contributed by atoms with E-state index in [0.717, 1.165) is 31.6 Å². The zero-order valence-electron chi connectivity index (χ0n) is 18.5. The molecule has 2 heterocycles. The minimum Gasteiger partial charge on any atom is -0.371 e. The van der Waals surface area contributed by atoms with Gasteiger partial charge in [0.15, 0.2) is 0 Å². The molecule has 0 atom stereocenters. The van der Waals surface area contributed by atoms with E-state index in [2.05, 4.69) is 16.3 Å². The fourth-order valence-electron chi connectivity index (χ4n) is 4.37. The molecule has 2 fully saturated rings. The third-order valence-electron chi connectivity index (χ3n) is 6.40. The van der Waals surface area contributed by atoms with E-state index in [-0.39, 0.29) is 30.2 Å². The first-order valence-corrected chi connectivity index (χ1v) is 11.4. The number of carbonyl (C=O) groups excluding carboxylic acids is 2. The van der Waals surface area contributed by atoms with Crippen molar-refractivity contribution in [2.24, 2.45) is 0 Å². The molecule has 0 radical (unpaired) electrons. The van der Waals surface area contributed by atoms with Crippen LogP contribution in [0.25, 0.3) is 0 Å². The molecule has 0 aliphatic carbocycles. The zero-order chi connectivity index (χ0) is 23.2. The summed E-state index contributed by atoms with van der Waals surface area (Å²) in [6, 6.07) is 16.1. The average molecular weight is 450 g/mol. The molecule has 4 rings (SSSR count). The van der Waals surface area contributed by atoms with Crippen LogP contribution in [-0.2, 0) is 11.2 Å². The van der Waals surface area contributed by atoms with Gasteiger partial charge in [0.1, 0.15) is 5.82 Å².